The van der Waals surface area contributed by atoms with Crippen LogP contribution >= 0.6 is 11.8 Å². The van der Waals surface area contributed by atoms with E-state index in [0.717, 1.165) is 39.2 Å². The fourth-order valence-corrected chi connectivity index (χ4v) is 5.13. The summed E-state index contributed by atoms with van der Waals surface area (Å²) in [6, 6.07) is 17.5. The lowest BCUT2D eigenvalue weighted by Gasteiger charge is -2.23. The number of amides is 1. The zero-order valence-corrected chi connectivity index (χ0v) is 25.1. The monoisotopic (exact) mass is 604 g/mol. The van der Waals surface area contributed by atoms with Gasteiger partial charge in [-0.05, 0) is 78.6 Å². The Balaban J connectivity index is 0.000000616. The van der Waals surface area contributed by atoms with Gasteiger partial charge >= 0.3 is 6.18 Å². The summed E-state index contributed by atoms with van der Waals surface area (Å²) in [5.74, 6) is -2.00. The van der Waals surface area contributed by atoms with E-state index in [1.165, 1.54) is 22.9 Å². The Morgan fingerprint density at radius 3 is 2.26 bits per heavy atom. The van der Waals surface area contributed by atoms with Crippen molar-refractivity contribution < 1.29 is 42.2 Å². The minimum absolute atomic E-state index is 0.0337. The molecule has 0 saturated carbocycles. The van der Waals surface area contributed by atoms with Crippen molar-refractivity contribution in [2.24, 2.45) is 0 Å². The second-order valence-corrected chi connectivity index (χ2v) is 12.2. The van der Waals surface area contributed by atoms with Gasteiger partial charge in [0, 0.05) is 30.0 Å². The first-order valence-corrected chi connectivity index (χ1v) is 14.1. The van der Waals surface area contributed by atoms with Crippen molar-refractivity contribution >= 4 is 23.6 Å². The number of ether oxygens (including phenoxy) is 1. The second-order valence-electron chi connectivity index (χ2n) is 11.1. The van der Waals surface area contributed by atoms with Crippen LogP contribution in [0.5, 0.6) is 11.5 Å². The molecule has 1 amide bonds. The molecule has 3 aromatic carbocycles. The molecule has 42 heavy (non-hydrogen) atoms. The number of fused-ring (bicyclic) bond motifs is 1. The van der Waals surface area contributed by atoms with Crippen LogP contribution in [0.2, 0.25) is 0 Å². The van der Waals surface area contributed by atoms with Gasteiger partial charge in [-0.15, -0.1) is 0 Å². The fourth-order valence-electron chi connectivity index (χ4n) is 4.15. The van der Waals surface area contributed by atoms with Gasteiger partial charge in [-0.25, -0.2) is 0 Å². The van der Waals surface area contributed by atoms with Gasteiger partial charge in [-0.3, -0.25) is 4.79 Å². The molecule has 0 spiro atoms. The van der Waals surface area contributed by atoms with Crippen molar-refractivity contribution in [3.05, 3.63) is 82.4 Å². The summed E-state index contributed by atoms with van der Waals surface area (Å²) in [6.45, 7) is 7.04. The van der Waals surface area contributed by atoms with Crippen LogP contribution in [0.15, 0.2) is 64.4 Å². The van der Waals surface area contributed by atoms with Crippen LogP contribution in [0.1, 0.15) is 39.0 Å². The normalized spacial score (nSPS) is 12.8. The first kappa shape index (κ1) is 32.8. The predicted molar refractivity (Wildman–Crippen MR) is 152 cm³/mol. The fraction of sp³-hybridized carbons (Fsp3) is 0.355. The number of carboxylic acid groups (broad SMARTS) is 1. The Labute approximate surface area is 248 Å². The number of aryl methyl sites for hydroxylation is 2. The molecule has 0 fully saturated rings. The maximum absolute atomic E-state index is 13.3. The van der Waals surface area contributed by atoms with E-state index < -0.39 is 12.1 Å². The highest BCUT2D eigenvalue weighted by atomic mass is 32.2. The molecule has 0 aromatic heterocycles. The van der Waals surface area contributed by atoms with E-state index in [1.54, 1.807) is 18.2 Å². The van der Waals surface area contributed by atoms with Gasteiger partial charge in [-0.1, -0.05) is 23.9 Å². The number of carbonyl (C=O) groups is 2. The molecule has 1 aliphatic rings. The summed E-state index contributed by atoms with van der Waals surface area (Å²) < 4.78 is 38.4. The van der Waals surface area contributed by atoms with Crippen LogP contribution in [-0.2, 0) is 17.9 Å². The zero-order valence-electron chi connectivity index (χ0n) is 24.2. The van der Waals surface area contributed by atoms with Crippen LogP contribution in [0, 0.1) is 13.8 Å². The van der Waals surface area contributed by atoms with Crippen LogP contribution in [0.3, 0.4) is 0 Å². The molecule has 0 unspecified atom stereocenters. The summed E-state index contributed by atoms with van der Waals surface area (Å²) in [7, 11) is 6.54. The first-order valence-electron chi connectivity index (χ1n) is 13.2. The quantitative estimate of drug-likeness (QED) is 0.285. The van der Waals surface area contributed by atoms with Gasteiger partial charge < -0.3 is 29.1 Å². The summed E-state index contributed by atoms with van der Waals surface area (Å²) in [4.78, 5) is 25.7. The molecule has 0 aliphatic carbocycles. The average molecular weight is 605 g/mol. The molecular weight excluding hydrogens is 569 g/mol. The number of nitrogens with zero attached hydrogens (tertiary/aromatic N) is 2. The van der Waals surface area contributed by atoms with Crippen molar-refractivity contribution in [1.29, 1.82) is 0 Å². The molecule has 0 atom stereocenters. The topological polar surface area (TPSA) is 89.9 Å². The number of phenolic OH excluding ortho intramolecular Hbond substituents is 1. The third kappa shape index (κ3) is 9.42. The minimum atomic E-state index is -5.19. The molecule has 1 aliphatic heterocycles. The van der Waals surface area contributed by atoms with Crippen molar-refractivity contribution in [3.63, 3.8) is 0 Å². The van der Waals surface area contributed by atoms with E-state index >= 15 is 0 Å². The number of alkyl halides is 3. The Bertz CT molecular complexity index is 1440. The van der Waals surface area contributed by atoms with Gasteiger partial charge in [0.15, 0.2) is 0 Å². The van der Waals surface area contributed by atoms with Gasteiger partial charge in [0.1, 0.15) is 17.5 Å². The molecule has 226 valence electrons. The van der Waals surface area contributed by atoms with Gasteiger partial charge in [0.2, 0.25) is 0 Å². The van der Waals surface area contributed by atoms with Crippen LogP contribution in [0.4, 0.5) is 13.2 Å². The lowest BCUT2D eigenvalue weighted by molar-refractivity contribution is -0.870. The smallest absolute Gasteiger partial charge is 0.430 e. The van der Waals surface area contributed by atoms with Gasteiger partial charge in [-0.2, -0.15) is 13.2 Å². The third-order valence-electron chi connectivity index (χ3n) is 6.57. The molecule has 11 heteroatoms. The maximum Gasteiger partial charge on any atom is 0.430 e. The van der Waals surface area contributed by atoms with E-state index in [9.17, 15) is 23.1 Å². The number of carboxylic acids is 1. The highest BCUT2D eigenvalue weighted by Gasteiger charge is 2.29. The number of halogens is 3. The Kier molecular flexibility index (Phi) is 10.6. The van der Waals surface area contributed by atoms with E-state index in [4.69, 9.17) is 14.6 Å². The lowest BCUT2D eigenvalue weighted by atomic mass is 10.1. The number of phenols is 1. The summed E-state index contributed by atoms with van der Waals surface area (Å²) in [6.07, 6.45) is -4.20. The van der Waals surface area contributed by atoms with Crippen LogP contribution < -0.4 is 9.84 Å². The maximum atomic E-state index is 13.3. The molecular formula is C31H35F3N2O5S. The lowest BCUT2D eigenvalue weighted by Crippen LogP contribution is -2.37. The predicted octanol–water partition coefficient (Wildman–Crippen LogP) is 5.09. The highest BCUT2D eigenvalue weighted by molar-refractivity contribution is 7.99. The molecule has 0 bridgehead atoms. The van der Waals surface area contributed by atoms with Gasteiger partial charge in [0.05, 0.1) is 39.2 Å². The highest BCUT2D eigenvalue weighted by Crippen LogP contribution is 2.36. The van der Waals surface area contributed by atoms with E-state index in [-0.39, 0.29) is 11.7 Å². The summed E-state index contributed by atoms with van der Waals surface area (Å²) in [5, 5.41) is 19.2. The standard InChI is InChI=1S/C29H34N2O3S.C2HF3O2/c1-20-7-11-26(15-21(20)2)35-28-17-22(9-12-27(28)32)29(33)30-18-23-8-10-25(16-24(23)19-30)34-14-6-13-31(3,4)5;3-2(4,5)1(6)7/h7-12,15-17H,6,13-14,18-19H2,1-5H3;(H,6,7). The molecule has 0 saturated heterocycles. The number of aromatic hydroxyl groups is 1. The van der Waals surface area contributed by atoms with Crippen LogP contribution in [-0.4, -0.2) is 66.8 Å². The number of aliphatic carboxylic acids is 1. The molecule has 1 N–H and O–H groups in total. The number of hydrogen-bond acceptors (Lipinski definition) is 6. The minimum Gasteiger partial charge on any atom is -0.542 e. The van der Waals surface area contributed by atoms with Crippen molar-refractivity contribution in [1.82, 2.24) is 4.90 Å². The van der Waals surface area contributed by atoms with E-state index in [0.29, 0.717) is 30.2 Å². The van der Waals surface area contributed by atoms with E-state index in [2.05, 4.69) is 59.3 Å². The average Bonchev–Trinajstić information content (AvgIpc) is 3.32. The van der Waals surface area contributed by atoms with E-state index in [1.807, 2.05) is 17.0 Å². The van der Waals surface area contributed by atoms with Crippen LogP contribution in [0.25, 0.3) is 0 Å². The SMILES string of the molecule is Cc1ccc(Sc2cc(C(=O)N3Cc4ccc(OCCC[N+](C)(C)C)cc4C3)ccc2O)cc1C.O=C([O-])C(F)(F)F. The third-order valence-corrected chi connectivity index (χ3v) is 7.61. The number of rotatable bonds is 8. The Morgan fingerprint density at radius 2 is 1.64 bits per heavy atom. The summed E-state index contributed by atoms with van der Waals surface area (Å²) >= 11 is 1.47. The number of benzene rings is 3. The number of quaternary nitrogens is 1. The molecule has 3 aromatic rings. The van der Waals surface area contributed by atoms with Crippen molar-refractivity contribution in [2.45, 2.75) is 49.3 Å². The largest absolute Gasteiger partial charge is 0.542 e. The molecule has 7 nitrogen and oxygen atoms in total. The van der Waals surface area contributed by atoms with Gasteiger partial charge in [0.25, 0.3) is 5.91 Å². The molecule has 0 radical (unpaired) electrons. The van der Waals surface area contributed by atoms with Crippen molar-refractivity contribution in [3.8, 4) is 11.5 Å². The van der Waals surface area contributed by atoms with Crippen molar-refractivity contribution in [2.75, 3.05) is 34.3 Å². The number of hydrogen-bond donors (Lipinski definition) is 1. The Hall–Kier alpha value is -3.70. The zero-order chi connectivity index (χ0) is 31.2. The molecule has 1 heterocycles. The first-order chi connectivity index (χ1) is 19.5. The summed E-state index contributed by atoms with van der Waals surface area (Å²) in [5.41, 5.74) is 5.30. The molecule has 4 rings (SSSR count). The second kappa shape index (κ2) is 13.5. The number of carbonyl (C=O) groups excluding carboxylic acids is 2. The Morgan fingerprint density at radius 1 is 0.976 bits per heavy atom.